The molecule has 16 heavy (non-hydrogen) atoms. The quantitative estimate of drug-likeness (QED) is 0.817. The Labute approximate surface area is 97.1 Å². The van der Waals surface area contributed by atoms with Gasteiger partial charge < -0.3 is 5.73 Å². The smallest absolute Gasteiger partial charge is 0.136 e. The van der Waals surface area contributed by atoms with Crippen molar-refractivity contribution in [3.8, 4) is 0 Å². The van der Waals surface area contributed by atoms with E-state index in [1.807, 2.05) is 0 Å². The molecule has 0 saturated heterocycles. The van der Waals surface area contributed by atoms with Gasteiger partial charge in [-0.2, -0.15) is 0 Å². The second-order valence-electron chi connectivity index (χ2n) is 3.34. The van der Waals surface area contributed by atoms with Crippen LogP contribution in [0.25, 0.3) is 0 Å². The minimum Gasteiger partial charge on any atom is -0.384 e. The van der Waals surface area contributed by atoms with Crippen LogP contribution in [0.15, 0.2) is 30.3 Å². The van der Waals surface area contributed by atoms with Gasteiger partial charge in [-0.3, -0.25) is 0 Å². The van der Waals surface area contributed by atoms with Gasteiger partial charge in [-0.05, 0) is 17.7 Å². The fourth-order valence-electron chi connectivity index (χ4n) is 1.35. The van der Waals surface area contributed by atoms with Gasteiger partial charge in [-0.25, -0.2) is 14.4 Å². The lowest BCUT2D eigenvalue weighted by Gasteiger charge is -2.02. The zero-order valence-corrected chi connectivity index (χ0v) is 9.08. The molecule has 5 heteroatoms. The molecule has 2 aromatic rings. The lowest BCUT2D eigenvalue weighted by Crippen LogP contribution is -2.00. The van der Waals surface area contributed by atoms with E-state index >= 15 is 0 Å². The highest BCUT2D eigenvalue weighted by Gasteiger charge is 2.02. The molecule has 0 fully saturated rings. The molecule has 1 heterocycles. The third-order valence-corrected chi connectivity index (χ3v) is 2.23. The SMILES string of the molecule is Nc1cc(Cl)nc(Cc2ccc(F)cc2)n1. The number of nitrogens with two attached hydrogens (primary N) is 1. The van der Waals surface area contributed by atoms with Crippen LogP contribution in [-0.4, -0.2) is 9.97 Å². The van der Waals surface area contributed by atoms with Crippen molar-refractivity contribution < 1.29 is 4.39 Å². The van der Waals surface area contributed by atoms with E-state index in [1.165, 1.54) is 18.2 Å². The summed E-state index contributed by atoms with van der Waals surface area (Å²) in [5.41, 5.74) is 6.45. The third kappa shape index (κ3) is 2.67. The Balaban J connectivity index is 2.23. The fourth-order valence-corrected chi connectivity index (χ4v) is 1.56. The number of rotatable bonds is 2. The van der Waals surface area contributed by atoms with Gasteiger partial charge >= 0.3 is 0 Å². The first-order chi connectivity index (χ1) is 7.63. The van der Waals surface area contributed by atoms with Crippen molar-refractivity contribution >= 4 is 17.4 Å². The van der Waals surface area contributed by atoms with Gasteiger partial charge in [0.15, 0.2) is 0 Å². The van der Waals surface area contributed by atoms with Crippen LogP contribution in [0, 0.1) is 5.82 Å². The van der Waals surface area contributed by atoms with Crippen LogP contribution in [0.4, 0.5) is 10.2 Å². The third-order valence-electron chi connectivity index (χ3n) is 2.04. The normalized spacial score (nSPS) is 10.4. The number of benzene rings is 1. The molecule has 2 rings (SSSR count). The maximum Gasteiger partial charge on any atom is 0.136 e. The molecular formula is C11H9ClFN3. The number of halogens is 2. The summed E-state index contributed by atoms with van der Waals surface area (Å²) in [5.74, 6) is 0.587. The first-order valence-corrected chi connectivity index (χ1v) is 5.04. The second kappa shape index (κ2) is 4.45. The van der Waals surface area contributed by atoms with E-state index in [0.717, 1.165) is 5.56 Å². The van der Waals surface area contributed by atoms with Crippen molar-refractivity contribution in [3.05, 3.63) is 52.7 Å². The summed E-state index contributed by atoms with van der Waals surface area (Å²) in [6.07, 6.45) is 0.477. The van der Waals surface area contributed by atoms with E-state index < -0.39 is 0 Å². The van der Waals surface area contributed by atoms with Crippen LogP contribution in [0.5, 0.6) is 0 Å². The molecule has 0 bridgehead atoms. The minimum atomic E-state index is -0.268. The molecule has 0 amide bonds. The van der Waals surface area contributed by atoms with E-state index in [2.05, 4.69) is 9.97 Å². The molecule has 0 atom stereocenters. The zero-order valence-electron chi connectivity index (χ0n) is 8.32. The van der Waals surface area contributed by atoms with Crippen molar-refractivity contribution in [1.82, 2.24) is 9.97 Å². The number of hydrogen-bond donors (Lipinski definition) is 1. The first-order valence-electron chi connectivity index (χ1n) is 4.67. The summed E-state index contributed by atoms with van der Waals surface area (Å²) in [7, 11) is 0. The van der Waals surface area contributed by atoms with Crippen molar-refractivity contribution in [1.29, 1.82) is 0 Å². The molecular weight excluding hydrogens is 229 g/mol. The minimum absolute atomic E-state index is 0.268. The van der Waals surface area contributed by atoms with E-state index in [9.17, 15) is 4.39 Å². The van der Waals surface area contributed by atoms with Gasteiger partial charge in [0, 0.05) is 12.5 Å². The molecule has 1 aromatic heterocycles. The van der Waals surface area contributed by atoms with Crippen LogP contribution in [0.3, 0.4) is 0 Å². The number of anilines is 1. The van der Waals surface area contributed by atoms with Gasteiger partial charge in [0.05, 0.1) is 0 Å². The van der Waals surface area contributed by atoms with Crippen LogP contribution in [0.2, 0.25) is 5.15 Å². The summed E-state index contributed by atoms with van der Waals surface area (Å²) >= 11 is 5.75. The van der Waals surface area contributed by atoms with Gasteiger partial charge in [0.1, 0.15) is 22.6 Å². The maximum atomic E-state index is 12.7. The Morgan fingerprint density at radius 3 is 2.50 bits per heavy atom. The van der Waals surface area contributed by atoms with Crippen molar-refractivity contribution in [2.75, 3.05) is 5.73 Å². The highest BCUT2D eigenvalue weighted by Crippen LogP contribution is 2.12. The lowest BCUT2D eigenvalue weighted by molar-refractivity contribution is 0.627. The number of nitrogens with zero attached hydrogens (tertiary/aromatic N) is 2. The topological polar surface area (TPSA) is 51.8 Å². The van der Waals surface area contributed by atoms with E-state index in [-0.39, 0.29) is 5.82 Å². The Bertz CT molecular complexity index is 479. The van der Waals surface area contributed by atoms with Gasteiger partial charge in [0.2, 0.25) is 0 Å². The van der Waals surface area contributed by atoms with E-state index in [1.54, 1.807) is 12.1 Å². The Morgan fingerprint density at radius 1 is 1.19 bits per heavy atom. The van der Waals surface area contributed by atoms with Crippen LogP contribution in [-0.2, 0) is 6.42 Å². The zero-order chi connectivity index (χ0) is 11.5. The summed E-state index contributed by atoms with van der Waals surface area (Å²) < 4.78 is 12.7. The van der Waals surface area contributed by atoms with E-state index in [4.69, 9.17) is 17.3 Å². The largest absolute Gasteiger partial charge is 0.384 e. The molecule has 0 aliphatic carbocycles. The predicted octanol–water partition coefficient (Wildman–Crippen LogP) is 2.44. The summed E-state index contributed by atoms with van der Waals surface area (Å²) in [4.78, 5) is 8.07. The van der Waals surface area contributed by atoms with Crippen molar-refractivity contribution in [2.24, 2.45) is 0 Å². The van der Waals surface area contributed by atoms with E-state index in [0.29, 0.717) is 23.2 Å². The first kappa shape index (κ1) is 10.8. The average Bonchev–Trinajstić information content (AvgIpc) is 2.20. The van der Waals surface area contributed by atoms with Gasteiger partial charge in [-0.1, -0.05) is 23.7 Å². The Hall–Kier alpha value is -1.68. The second-order valence-corrected chi connectivity index (χ2v) is 3.72. The maximum absolute atomic E-state index is 12.7. The highest BCUT2D eigenvalue weighted by atomic mass is 35.5. The van der Waals surface area contributed by atoms with Gasteiger partial charge in [0.25, 0.3) is 0 Å². The highest BCUT2D eigenvalue weighted by molar-refractivity contribution is 6.29. The summed E-state index contributed by atoms with van der Waals surface area (Å²) in [6.45, 7) is 0. The van der Waals surface area contributed by atoms with Gasteiger partial charge in [-0.15, -0.1) is 0 Å². The molecule has 0 unspecified atom stereocenters. The van der Waals surface area contributed by atoms with Crippen molar-refractivity contribution in [2.45, 2.75) is 6.42 Å². The molecule has 0 saturated carbocycles. The number of nitrogen functional groups attached to an aromatic ring is 1. The number of aromatic nitrogens is 2. The molecule has 1 aromatic carbocycles. The monoisotopic (exact) mass is 237 g/mol. The Morgan fingerprint density at radius 2 is 1.88 bits per heavy atom. The molecule has 82 valence electrons. The standard InChI is InChI=1S/C11H9ClFN3/c12-9-6-10(14)16-11(15-9)5-7-1-3-8(13)4-2-7/h1-4,6H,5H2,(H2,14,15,16). The lowest BCUT2D eigenvalue weighted by atomic mass is 10.1. The molecule has 0 aliphatic rings. The summed E-state index contributed by atoms with van der Waals surface area (Å²) in [6, 6.07) is 7.62. The molecule has 2 N–H and O–H groups in total. The fraction of sp³-hybridized carbons (Fsp3) is 0.0909. The summed E-state index contributed by atoms with van der Waals surface area (Å²) in [5, 5.41) is 0.310. The molecule has 0 aliphatic heterocycles. The number of hydrogen-bond acceptors (Lipinski definition) is 3. The average molecular weight is 238 g/mol. The molecule has 0 spiro atoms. The molecule has 3 nitrogen and oxygen atoms in total. The van der Waals surface area contributed by atoms with Crippen LogP contribution in [0.1, 0.15) is 11.4 Å². The predicted molar refractivity (Wildman–Crippen MR) is 60.7 cm³/mol. The Kier molecular flexibility index (Phi) is 3.01. The molecule has 0 radical (unpaired) electrons. The van der Waals surface area contributed by atoms with Crippen LogP contribution < -0.4 is 5.73 Å². The van der Waals surface area contributed by atoms with Crippen molar-refractivity contribution in [3.63, 3.8) is 0 Å². The van der Waals surface area contributed by atoms with Crippen LogP contribution >= 0.6 is 11.6 Å².